The van der Waals surface area contributed by atoms with Crippen LogP contribution in [0.2, 0.25) is 0 Å². The molecule has 23 heavy (non-hydrogen) atoms. The van der Waals surface area contributed by atoms with Crippen LogP contribution in [0.5, 0.6) is 5.75 Å². The van der Waals surface area contributed by atoms with Gasteiger partial charge in [0.25, 0.3) is 5.91 Å². The Balaban J connectivity index is 1.45. The van der Waals surface area contributed by atoms with Crippen molar-refractivity contribution in [3.05, 3.63) is 41.5 Å². The summed E-state index contributed by atoms with van der Waals surface area (Å²) in [6.07, 6.45) is 2.17. The zero-order valence-electron chi connectivity index (χ0n) is 13.1. The van der Waals surface area contributed by atoms with Crippen LogP contribution in [0.1, 0.15) is 36.0 Å². The molecule has 1 aromatic heterocycles. The summed E-state index contributed by atoms with van der Waals surface area (Å²) in [7, 11) is 0. The van der Waals surface area contributed by atoms with Crippen molar-refractivity contribution in [1.82, 2.24) is 15.0 Å². The second-order valence-electron chi connectivity index (χ2n) is 6.21. The molecule has 0 saturated carbocycles. The Hall–Kier alpha value is -2.37. The van der Waals surface area contributed by atoms with E-state index < -0.39 is 6.10 Å². The number of piperidine rings is 1. The predicted molar refractivity (Wildman–Crippen MR) is 82.2 cm³/mol. The van der Waals surface area contributed by atoms with Crippen molar-refractivity contribution in [2.24, 2.45) is 0 Å². The minimum absolute atomic E-state index is 0.0612. The summed E-state index contributed by atoms with van der Waals surface area (Å²) < 4.78 is 10.9. The first-order valence-electron chi connectivity index (χ1n) is 8.04. The molecular formula is C17H19N3O3. The molecule has 2 aliphatic heterocycles. The highest BCUT2D eigenvalue weighted by atomic mass is 16.5. The van der Waals surface area contributed by atoms with Gasteiger partial charge in [-0.2, -0.15) is 4.98 Å². The monoisotopic (exact) mass is 313 g/mol. The van der Waals surface area contributed by atoms with Crippen LogP contribution >= 0.6 is 0 Å². The first kappa shape index (κ1) is 14.2. The van der Waals surface area contributed by atoms with Gasteiger partial charge in [-0.1, -0.05) is 23.4 Å². The van der Waals surface area contributed by atoms with Crippen molar-refractivity contribution in [3.63, 3.8) is 0 Å². The molecule has 4 rings (SSSR count). The fraction of sp³-hybridized carbons (Fsp3) is 0.471. The van der Waals surface area contributed by atoms with E-state index in [1.54, 1.807) is 6.92 Å². The summed E-state index contributed by atoms with van der Waals surface area (Å²) in [5, 5.41) is 4.01. The van der Waals surface area contributed by atoms with Gasteiger partial charge in [-0.3, -0.25) is 4.79 Å². The quantitative estimate of drug-likeness (QED) is 0.849. The normalized spacial score (nSPS) is 23.4. The molecule has 2 unspecified atom stereocenters. The fourth-order valence-corrected chi connectivity index (χ4v) is 3.39. The highest BCUT2D eigenvalue weighted by Gasteiger charge is 2.35. The second-order valence-corrected chi connectivity index (χ2v) is 6.21. The van der Waals surface area contributed by atoms with Gasteiger partial charge in [0.2, 0.25) is 5.89 Å². The molecule has 0 radical (unpaired) electrons. The number of rotatable bonds is 2. The maximum atomic E-state index is 12.8. The van der Waals surface area contributed by atoms with E-state index in [0.717, 1.165) is 30.7 Å². The van der Waals surface area contributed by atoms with Crippen LogP contribution in [-0.4, -0.2) is 40.1 Å². The molecule has 1 fully saturated rings. The molecule has 120 valence electrons. The van der Waals surface area contributed by atoms with Crippen molar-refractivity contribution in [1.29, 1.82) is 0 Å². The Bertz CT molecular complexity index is 702. The Kier molecular flexibility index (Phi) is 3.52. The Morgan fingerprint density at radius 1 is 1.35 bits per heavy atom. The lowest BCUT2D eigenvalue weighted by Gasteiger charge is -2.32. The number of amides is 1. The summed E-state index contributed by atoms with van der Waals surface area (Å²) in [6.45, 7) is 3.18. The van der Waals surface area contributed by atoms with Crippen LogP contribution < -0.4 is 4.74 Å². The topological polar surface area (TPSA) is 68.5 Å². The smallest absolute Gasteiger partial charge is 0.264 e. The summed E-state index contributed by atoms with van der Waals surface area (Å²) in [4.78, 5) is 19.0. The Labute approximate surface area is 134 Å². The molecule has 1 saturated heterocycles. The molecule has 3 heterocycles. The number of likely N-dealkylation sites (tertiary alicyclic amines) is 1. The van der Waals surface area contributed by atoms with Crippen LogP contribution in [0, 0.1) is 6.92 Å². The molecule has 2 atom stereocenters. The molecule has 2 aromatic rings. The molecular weight excluding hydrogens is 294 g/mol. The zero-order valence-corrected chi connectivity index (χ0v) is 13.1. The van der Waals surface area contributed by atoms with Gasteiger partial charge in [0.1, 0.15) is 5.75 Å². The SMILES string of the molecule is Cc1nc(C2CCCN(C(=O)C3Cc4ccccc4O3)C2)no1. The van der Waals surface area contributed by atoms with E-state index in [1.807, 2.05) is 29.2 Å². The van der Waals surface area contributed by atoms with E-state index in [9.17, 15) is 4.79 Å². The number of benzene rings is 1. The van der Waals surface area contributed by atoms with Gasteiger partial charge in [-0.05, 0) is 24.5 Å². The van der Waals surface area contributed by atoms with E-state index in [-0.39, 0.29) is 11.8 Å². The molecule has 0 bridgehead atoms. The van der Waals surface area contributed by atoms with Crippen molar-refractivity contribution in [2.45, 2.75) is 38.2 Å². The van der Waals surface area contributed by atoms with Crippen molar-refractivity contribution < 1.29 is 14.1 Å². The van der Waals surface area contributed by atoms with E-state index in [1.165, 1.54) is 0 Å². The lowest BCUT2D eigenvalue weighted by atomic mass is 9.96. The van der Waals surface area contributed by atoms with Crippen molar-refractivity contribution >= 4 is 5.91 Å². The maximum Gasteiger partial charge on any atom is 0.264 e. The van der Waals surface area contributed by atoms with Gasteiger partial charge in [-0.25, -0.2) is 0 Å². The van der Waals surface area contributed by atoms with Crippen LogP contribution in [0.15, 0.2) is 28.8 Å². The third kappa shape index (κ3) is 2.69. The van der Waals surface area contributed by atoms with Gasteiger partial charge in [0.05, 0.1) is 0 Å². The van der Waals surface area contributed by atoms with Crippen LogP contribution in [0.3, 0.4) is 0 Å². The zero-order chi connectivity index (χ0) is 15.8. The fourth-order valence-electron chi connectivity index (χ4n) is 3.39. The lowest BCUT2D eigenvalue weighted by molar-refractivity contribution is -0.139. The molecule has 1 aromatic carbocycles. The number of hydrogen-bond donors (Lipinski definition) is 0. The minimum Gasteiger partial charge on any atom is -0.480 e. The number of hydrogen-bond acceptors (Lipinski definition) is 5. The molecule has 2 aliphatic rings. The minimum atomic E-state index is -0.404. The number of carbonyl (C=O) groups excluding carboxylic acids is 1. The second kappa shape index (κ2) is 5.68. The Morgan fingerprint density at radius 2 is 2.22 bits per heavy atom. The van der Waals surface area contributed by atoms with Gasteiger partial charge in [0.15, 0.2) is 11.9 Å². The van der Waals surface area contributed by atoms with Crippen LogP contribution in [-0.2, 0) is 11.2 Å². The van der Waals surface area contributed by atoms with E-state index in [2.05, 4.69) is 10.1 Å². The molecule has 0 aliphatic carbocycles. The predicted octanol–water partition coefficient (Wildman–Crippen LogP) is 2.09. The number of aryl methyl sites for hydroxylation is 1. The van der Waals surface area contributed by atoms with Gasteiger partial charge >= 0.3 is 0 Å². The standard InChI is InChI=1S/C17H19N3O3/c1-11-18-16(19-23-11)13-6-4-8-20(10-13)17(21)15-9-12-5-2-3-7-14(12)22-15/h2-3,5,7,13,15H,4,6,8-10H2,1H3. The molecule has 6 nitrogen and oxygen atoms in total. The third-order valence-electron chi connectivity index (χ3n) is 4.56. The highest BCUT2D eigenvalue weighted by molar-refractivity contribution is 5.82. The highest BCUT2D eigenvalue weighted by Crippen LogP contribution is 2.31. The number of nitrogens with zero attached hydrogens (tertiary/aromatic N) is 3. The summed E-state index contributed by atoms with van der Waals surface area (Å²) >= 11 is 0. The number of aromatic nitrogens is 2. The molecule has 6 heteroatoms. The number of fused-ring (bicyclic) bond motifs is 1. The first-order valence-corrected chi connectivity index (χ1v) is 8.04. The van der Waals surface area contributed by atoms with Crippen molar-refractivity contribution in [3.8, 4) is 5.75 Å². The van der Waals surface area contributed by atoms with Gasteiger partial charge in [0, 0.05) is 32.4 Å². The van der Waals surface area contributed by atoms with E-state index >= 15 is 0 Å². The number of para-hydroxylation sites is 1. The van der Waals surface area contributed by atoms with Crippen molar-refractivity contribution in [2.75, 3.05) is 13.1 Å². The largest absolute Gasteiger partial charge is 0.480 e. The molecule has 0 spiro atoms. The lowest BCUT2D eigenvalue weighted by Crippen LogP contribution is -2.46. The van der Waals surface area contributed by atoms with Crippen LogP contribution in [0.25, 0.3) is 0 Å². The molecule has 0 N–H and O–H groups in total. The van der Waals surface area contributed by atoms with E-state index in [0.29, 0.717) is 24.7 Å². The first-order chi connectivity index (χ1) is 11.2. The van der Waals surface area contributed by atoms with E-state index in [4.69, 9.17) is 9.26 Å². The van der Waals surface area contributed by atoms with Gasteiger partial charge < -0.3 is 14.2 Å². The summed E-state index contributed by atoms with van der Waals surface area (Å²) in [6, 6.07) is 7.85. The average Bonchev–Trinajstić information content (AvgIpc) is 3.20. The Morgan fingerprint density at radius 3 is 3.00 bits per heavy atom. The number of carbonyl (C=O) groups is 1. The number of ether oxygens (including phenoxy) is 1. The summed E-state index contributed by atoms with van der Waals surface area (Å²) in [5.41, 5.74) is 1.10. The van der Waals surface area contributed by atoms with Crippen LogP contribution in [0.4, 0.5) is 0 Å². The summed E-state index contributed by atoms with van der Waals surface area (Å²) in [5.74, 6) is 2.31. The molecule has 1 amide bonds. The maximum absolute atomic E-state index is 12.8. The average molecular weight is 313 g/mol. The third-order valence-corrected chi connectivity index (χ3v) is 4.56. The van der Waals surface area contributed by atoms with Gasteiger partial charge in [-0.15, -0.1) is 0 Å².